The van der Waals surface area contributed by atoms with Gasteiger partial charge in [0.25, 0.3) is 10.0 Å². The van der Waals surface area contributed by atoms with Crippen LogP contribution in [0.2, 0.25) is 0 Å². The first-order valence-electron chi connectivity index (χ1n) is 8.21. The smallest absolute Gasteiger partial charge is 0.261 e. The van der Waals surface area contributed by atoms with Crippen molar-refractivity contribution in [2.45, 2.75) is 24.2 Å². The number of nitrogens with zero attached hydrogens (tertiary/aromatic N) is 1. The highest BCUT2D eigenvalue weighted by Crippen LogP contribution is 2.29. The van der Waals surface area contributed by atoms with Gasteiger partial charge in [-0.1, -0.05) is 0 Å². The normalized spacial score (nSPS) is 15.0. The van der Waals surface area contributed by atoms with Crippen LogP contribution in [0.15, 0.2) is 51.8 Å². The van der Waals surface area contributed by atoms with E-state index < -0.39 is 10.0 Å². The van der Waals surface area contributed by atoms with Gasteiger partial charge >= 0.3 is 0 Å². The van der Waals surface area contributed by atoms with E-state index in [-0.39, 0.29) is 4.90 Å². The first kappa shape index (κ1) is 18.1. The van der Waals surface area contributed by atoms with Crippen molar-refractivity contribution in [3.63, 3.8) is 0 Å². The molecular formula is C18H21BrN2O3S. The van der Waals surface area contributed by atoms with Crippen LogP contribution >= 0.6 is 15.9 Å². The molecule has 0 saturated carbocycles. The zero-order valence-electron chi connectivity index (χ0n) is 14.0. The molecule has 7 heteroatoms. The summed E-state index contributed by atoms with van der Waals surface area (Å²) in [4.78, 5) is 2.52. The lowest BCUT2D eigenvalue weighted by Gasteiger charge is -2.28. The second-order valence-corrected chi connectivity index (χ2v) is 8.53. The molecule has 1 aliphatic rings. The number of hydrogen-bond donors (Lipinski definition) is 1. The average Bonchev–Trinajstić information content (AvgIpc) is 2.62. The molecule has 0 spiro atoms. The quantitative estimate of drug-likeness (QED) is 0.778. The lowest BCUT2D eigenvalue weighted by atomic mass is 10.1. The Labute approximate surface area is 157 Å². The minimum absolute atomic E-state index is 0.181. The summed E-state index contributed by atoms with van der Waals surface area (Å²) >= 11 is 3.32. The maximum absolute atomic E-state index is 12.6. The molecule has 0 aromatic heterocycles. The highest BCUT2D eigenvalue weighted by molar-refractivity contribution is 9.10. The monoisotopic (exact) mass is 424 g/mol. The second kappa shape index (κ2) is 7.66. The van der Waals surface area contributed by atoms with Crippen molar-refractivity contribution in [2.24, 2.45) is 0 Å². The van der Waals surface area contributed by atoms with E-state index in [4.69, 9.17) is 4.74 Å². The Morgan fingerprint density at radius 2 is 1.72 bits per heavy atom. The Bertz CT molecular complexity index is 832. The number of benzene rings is 2. The lowest BCUT2D eigenvalue weighted by Crippen LogP contribution is -2.29. The number of halogens is 1. The van der Waals surface area contributed by atoms with Gasteiger partial charge in [0.2, 0.25) is 0 Å². The van der Waals surface area contributed by atoms with Gasteiger partial charge in [0.05, 0.1) is 16.5 Å². The molecule has 0 aliphatic carbocycles. The molecule has 1 heterocycles. The molecule has 0 unspecified atom stereocenters. The molecule has 0 radical (unpaired) electrons. The van der Waals surface area contributed by atoms with Crippen molar-refractivity contribution in [2.75, 3.05) is 29.8 Å². The molecule has 0 atom stereocenters. The molecule has 134 valence electrons. The van der Waals surface area contributed by atoms with Crippen LogP contribution in [-0.2, 0) is 10.0 Å². The van der Waals surface area contributed by atoms with Crippen molar-refractivity contribution in [3.8, 4) is 5.75 Å². The number of methoxy groups -OCH3 is 1. The predicted molar refractivity (Wildman–Crippen MR) is 104 cm³/mol. The summed E-state index contributed by atoms with van der Waals surface area (Å²) in [6.07, 6.45) is 3.70. The molecule has 0 amide bonds. The summed E-state index contributed by atoms with van der Waals surface area (Å²) in [5, 5.41) is 0. The van der Waals surface area contributed by atoms with E-state index in [0.29, 0.717) is 15.9 Å². The topological polar surface area (TPSA) is 58.6 Å². The minimum atomic E-state index is -3.65. The van der Waals surface area contributed by atoms with Crippen molar-refractivity contribution < 1.29 is 13.2 Å². The third-order valence-corrected chi connectivity index (χ3v) is 6.27. The van der Waals surface area contributed by atoms with E-state index in [1.54, 1.807) is 18.2 Å². The maximum atomic E-state index is 12.6. The van der Waals surface area contributed by atoms with E-state index in [2.05, 4.69) is 25.6 Å². The van der Waals surface area contributed by atoms with Crippen LogP contribution in [0.3, 0.4) is 0 Å². The first-order valence-corrected chi connectivity index (χ1v) is 10.5. The molecule has 1 fully saturated rings. The van der Waals surface area contributed by atoms with Gasteiger partial charge in [-0.15, -0.1) is 0 Å². The van der Waals surface area contributed by atoms with Crippen molar-refractivity contribution in [1.29, 1.82) is 0 Å². The molecule has 5 nitrogen and oxygen atoms in total. The van der Waals surface area contributed by atoms with Crippen molar-refractivity contribution >= 4 is 37.3 Å². The lowest BCUT2D eigenvalue weighted by molar-refractivity contribution is 0.411. The summed E-state index contributed by atoms with van der Waals surface area (Å²) in [5.41, 5.74) is 1.68. The van der Waals surface area contributed by atoms with Crippen LogP contribution in [0.5, 0.6) is 5.75 Å². The summed E-state index contributed by atoms with van der Waals surface area (Å²) in [6, 6.07) is 12.2. The number of ether oxygens (including phenoxy) is 1. The highest BCUT2D eigenvalue weighted by atomic mass is 79.9. The highest BCUT2D eigenvalue weighted by Gasteiger charge is 2.17. The number of rotatable bonds is 5. The van der Waals surface area contributed by atoms with Crippen LogP contribution in [0.1, 0.15) is 19.3 Å². The molecule has 0 bridgehead atoms. The molecule has 2 aromatic carbocycles. The van der Waals surface area contributed by atoms with E-state index in [9.17, 15) is 8.42 Å². The Hall–Kier alpha value is -1.73. The zero-order valence-corrected chi connectivity index (χ0v) is 16.4. The van der Waals surface area contributed by atoms with Gasteiger partial charge in [0.1, 0.15) is 5.75 Å². The standard InChI is InChI=1S/C18H21BrN2O3S/c1-24-18-10-9-16(13-17(18)19)25(22,23)20-14-5-7-15(8-6-14)21-11-3-2-4-12-21/h5-10,13,20H,2-4,11-12H2,1H3. The van der Waals surface area contributed by atoms with Crippen LogP contribution in [0.25, 0.3) is 0 Å². The van der Waals surface area contributed by atoms with E-state index in [1.807, 2.05) is 12.1 Å². The number of anilines is 2. The summed E-state index contributed by atoms with van der Waals surface area (Å²) in [5.74, 6) is 0.588. The Kier molecular flexibility index (Phi) is 5.54. The summed E-state index contributed by atoms with van der Waals surface area (Å²) in [6.45, 7) is 2.12. The third-order valence-electron chi connectivity index (χ3n) is 4.27. The SMILES string of the molecule is COc1ccc(S(=O)(=O)Nc2ccc(N3CCCCC3)cc2)cc1Br. The number of hydrogen-bond acceptors (Lipinski definition) is 4. The Morgan fingerprint density at radius 1 is 1.04 bits per heavy atom. The molecule has 2 aromatic rings. The number of nitrogens with one attached hydrogen (secondary N) is 1. The van der Waals surface area contributed by atoms with E-state index in [1.165, 1.54) is 38.5 Å². The van der Waals surface area contributed by atoms with Gasteiger partial charge in [-0.05, 0) is 77.7 Å². The number of sulfonamides is 1. The molecule has 3 rings (SSSR count). The van der Waals surface area contributed by atoms with Crippen LogP contribution < -0.4 is 14.4 Å². The molecule has 1 N–H and O–H groups in total. The summed E-state index contributed by atoms with van der Waals surface area (Å²) < 4.78 is 33.5. The summed E-state index contributed by atoms with van der Waals surface area (Å²) in [7, 11) is -2.11. The van der Waals surface area contributed by atoms with Crippen LogP contribution in [0, 0.1) is 0 Å². The fraction of sp³-hybridized carbons (Fsp3) is 0.333. The third kappa shape index (κ3) is 4.27. The van der Waals surface area contributed by atoms with Gasteiger partial charge < -0.3 is 9.64 Å². The second-order valence-electron chi connectivity index (χ2n) is 6.00. The molecule has 25 heavy (non-hydrogen) atoms. The zero-order chi connectivity index (χ0) is 17.9. The van der Waals surface area contributed by atoms with Gasteiger partial charge in [-0.2, -0.15) is 0 Å². The predicted octanol–water partition coefficient (Wildman–Crippen LogP) is 4.25. The van der Waals surface area contributed by atoms with Gasteiger partial charge in [0.15, 0.2) is 0 Å². The van der Waals surface area contributed by atoms with Crippen molar-refractivity contribution in [3.05, 3.63) is 46.9 Å². The van der Waals surface area contributed by atoms with Gasteiger partial charge in [-0.3, -0.25) is 4.72 Å². The maximum Gasteiger partial charge on any atom is 0.261 e. The van der Waals surface area contributed by atoms with Gasteiger partial charge in [0, 0.05) is 24.5 Å². The van der Waals surface area contributed by atoms with Crippen LogP contribution in [-0.4, -0.2) is 28.6 Å². The van der Waals surface area contributed by atoms with Crippen LogP contribution in [0.4, 0.5) is 11.4 Å². The number of piperidine rings is 1. The fourth-order valence-electron chi connectivity index (χ4n) is 2.92. The molecular weight excluding hydrogens is 404 g/mol. The first-order chi connectivity index (χ1) is 12.0. The largest absolute Gasteiger partial charge is 0.496 e. The Balaban J connectivity index is 1.75. The molecule has 1 aliphatic heterocycles. The molecule has 1 saturated heterocycles. The van der Waals surface area contributed by atoms with Gasteiger partial charge in [-0.25, -0.2) is 8.42 Å². The average molecular weight is 425 g/mol. The minimum Gasteiger partial charge on any atom is -0.496 e. The van der Waals surface area contributed by atoms with Crippen molar-refractivity contribution in [1.82, 2.24) is 0 Å². The van der Waals surface area contributed by atoms with E-state index >= 15 is 0 Å². The fourth-order valence-corrected chi connectivity index (χ4v) is 4.70. The van der Waals surface area contributed by atoms with E-state index in [0.717, 1.165) is 18.8 Å². The Morgan fingerprint density at radius 3 is 2.32 bits per heavy atom.